The molecule has 2 aromatic carbocycles. The normalized spacial score (nSPS) is 15.1. The number of piperidine rings is 1. The van der Waals surface area contributed by atoms with E-state index in [1.165, 1.54) is 19.3 Å². The van der Waals surface area contributed by atoms with Crippen molar-refractivity contribution in [3.63, 3.8) is 0 Å². The van der Waals surface area contributed by atoms with Gasteiger partial charge in [0.25, 0.3) is 0 Å². The molecule has 0 unspecified atom stereocenters. The van der Waals surface area contributed by atoms with Gasteiger partial charge in [-0.3, -0.25) is 4.90 Å². The molecule has 0 saturated carbocycles. The first-order chi connectivity index (χ1) is 13.2. The number of esters is 1. The Kier molecular flexibility index (Phi) is 5.26. The lowest BCUT2D eigenvalue weighted by molar-refractivity contribution is 0.0453. The Balaban J connectivity index is 1.54. The van der Waals surface area contributed by atoms with E-state index in [9.17, 15) is 4.79 Å². The van der Waals surface area contributed by atoms with Crippen LogP contribution in [0.3, 0.4) is 0 Å². The molecule has 1 fully saturated rings. The number of hydrogen-bond acceptors (Lipinski definition) is 4. The Bertz CT molecular complexity index is 923. The molecule has 27 heavy (non-hydrogen) atoms. The number of carbonyl (C=O) groups is 1. The monoisotopic (exact) mass is 363 g/mol. The minimum Gasteiger partial charge on any atom is -0.461 e. The molecule has 0 N–H and O–H groups in total. The number of benzene rings is 2. The van der Waals surface area contributed by atoms with Crippen molar-refractivity contribution in [2.45, 2.75) is 26.2 Å². The van der Waals surface area contributed by atoms with Gasteiger partial charge in [-0.25, -0.2) is 4.79 Å². The summed E-state index contributed by atoms with van der Waals surface area (Å²) in [5.41, 5.74) is 3.16. The van der Waals surface area contributed by atoms with E-state index >= 15 is 0 Å². The summed E-state index contributed by atoms with van der Waals surface area (Å²) in [6.07, 6.45) is 3.78. The summed E-state index contributed by atoms with van der Waals surface area (Å²) in [5, 5.41) is 0.958. The van der Waals surface area contributed by atoms with Gasteiger partial charge in [-0.1, -0.05) is 48.9 Å². The predicted molar refractivity (Wildman–Crippen MR) is 107 cm³/mol. The van der Waals surface area contributed by atoms with Crippen LogP contribution in [0.1, 0.15) is 35.2 Å². The van der Waals surface area contributed by atoms with E-state index in [1.54, 1.807) is 6.07 Å². The first-order valence-electron chi connectivity index (χ1n) is 9.71. The van der Waals surface area contributed by atoms with Crippen molar-refractivity contribution in [3.05, 3.63) is 59.7 Å². The summed E-state index contributed by atoms with van der Waals surface area (Å²) in [6, 6.07) is 15.6. The number of carbonyl (C=O) groups excluding carboxylic acids is 1. The number of para-hydroxylation sites is 1. The van der Waals surface area contributed by atoms with Crippen LogP contribution in [0.25, 0.3) is 22.3 Å². The molecule has 4 nitrogen and oxygen atoms in total. The molecule has 140 valence electrons. The van der Waals surface area contributed by atoms with Crippen LogP contribution >= 0.6 is 0 Å². The number of furan rings is 1. The van der Waals surface area contributed by atoms with E-state index in [0.29, 0.717) is 17.8 Å². The van der Waals surface area contributed by atoms with Gasteiger partial charge in [-0.05, 0) is 38.9 Å². The Labute approximate surface area is 159 Å². The number of ether oxygens (including phenoxy) is 1. The van der Waals surface area contributed by atoms with E-state index < -0.39 is 0 Å². The number of nitrogens with zero attached hydrogens (tertiary/aromatic N) is 1. The zero-order chi connectivity index (χ0) is 18.6. The topological polar surface area (TPSA) is 42.7 Å². The van der Waals surface area contributed by atoms with Gasteiger partial charge in [0.05, 0.1) is 0 Å². The van der Waals surface area contributed by atoms with Crippen molar-refractivity contribution in [1.29, 1.82) is 0 Å². The van der Waals surface area contributed by atoms with E-state index in [2.05, 4.69) is 4.90 Å². The average Bonchev–Trinajstić information content (AvgIpc) is 3.06. The molecule has 0 spiro atoms. The molecule has 1 aliphatic heterocycles. The van der Waals surface area contributed by atoms with Crippen LogP contribution < -0.4 is 0 Å². The third kappa shape index (κ3) is 3.76. The SMILES string of the molecule is Cc1c(-c2ccccc2)oc2c(C(=O)OCCN3CCCCC3)cccc12. The lowest BCUT2D eigenvalue weighted by Gasteiger charge is -2.25. The lowest BCUT2D eigenvalue weighted by atomic mass is 10.1. The molecule has 0 atom stereocenters. The molecular formula is C23H25NO3. The number of fused-ring (bicyclic) bond motifs is 1. The molecule has 3 aromatic rings. The standard InChI is InChI=1S/C23H25NO3/c1-17-19-11-8-12-20(22(19)27-21(17)18-9-4-2-5-10-18)23(25)26-16-15-24-13-6-3-7-14-24/h2,4-5,8-12H,3,6-7,13-16H2,1H3. The summed E-state index contributed by atoms with van der Waals surface area (Å²) in [7, 11) is 0. The smallest absolute Gasteiger partial charge is 0.342 e. The highest BCUT2D eigenvalue weighted by atomic mass is 16.5. The molecule has 0 aliphatic carbocycles. The van der Waals surface area contributed by atoms with Crippen LogP contribution in [-0.4, -0.2) is 37.1 Å². The quantitative estimate of drug-likeness (QED) is 0.595. The second-order valence-electron chi connectivity index (χ2n) is 7.14. The van der Waals surface area contributed by atoms with Crippen molar-refractivity contribution in [1.82, 2.24) is 4.90 Å². The van der Waals surface area contributed by atoms with Crippen LogP contribution in [0.5, 0.6) is 0 Å². The zero-order valence-electron chi connectivity index (χ0n) is 15.7. The second kappa shape index (κ2) is 7.97. The molecule has 1 saturated heterocycles. The third-order valence-corrected chi connectivity index (χ3v) is 5.31. The van der Waals surface area contributed by atoms with Gasteiger partial charge in [0, 0.05) is 23.1 Å². The number of likely N-dealkylation sites (tertiary alicyclic amines) is 1. The van der Waals surface area contributed by atoms with Gasteiger partial charge in [0.15, 0.2) is 0 Å². The maximum atomic E-state index is 12.7. The number of rotatable bonds is 5. The maximum Gasteiger partial charge on any atom is 0.342 e. The molecule has 0 bridgehead atoms. The van der Waals surface area contributed by atoms with Gasteiger partial charge >= 0.3 is 5.97 Å². The fourth-order valence-electron chi connectivity index (χ4n) is 3.80. The first kappa shape index (κ1) is 17.8. The maximum absolute atomic E-state index is 12.7. The van der Waals surface area contributed by atoms with Crippen molar-refractivity contribution in [2.24, 2.45) is 0 Å². The fourth-order valence-corrected chi connectivity index (χ4v) is 3.80. The molecule has 4 rings (SSSR count). The van der Waals surface area contributed by atoms with Crippen LogP contribution in [0, 0.1) is 6.92 Å². The largest absolute Gasteiger partial charge is 0.461 e. The second-order valence-corrected chi connectivity index (χ2v) is 7.14. The van der Waals surface area contributed by atoms with Crippen LogP contribution in [0.2, 0.25) is 0 Å². The van der Waals surface area contributed by atoms with Crippen LogP contribution in [0.4, 0.5) is 0 Å². The van der Waals surface area contributed by atoms with Crippen molar-refractivity contribution >= 4 is 16.9 Å². The van der Waals surface area contributed by atoms with E-state index in [-0.39, 0.29) is 5.97 Å². The summed E-state index contributed by atoms with van der Waals surface area (Å²) in [5.74, 6) is 0.491. The molecule has 1 aliphatic rings. The van der Waals surface area contributed by atoms with E-state index in [0.717, 1.165) is 41.9 Å². The molecule has 0 radical (unpaired) electrons. The van der Waals surface area contributed by atoms with Gasteiger partial charge in [-0.2, -0.15) is 0 Å². The van der Waals surface area contributed by atoms with Gasteiger partial charge in [0.2, 0.25) is 0 Å². The minimum atomic E-state index is -0.314. The van der Waals surface area contributed by atoms with Gasteiger partial charge in [0.1, 0.15) is 23.5 Å². The summed E-state index contributed by atoms with van der Waals surface area (Å²) >= 11 is 0. The van der Waals surface area contributed by atoms with Crippen molar-refractivity contribution < 1.29 is 13.9 Å². The summed E-state index contributed by atoms with van der Waals surface area (Å²) in [6.45, 7) is 5.45. The lowest BCUT2D eigenvalue weighted by Crippen LogP contribution is -2.33. The zero-order valence-corrected chi connectivity index (χ0v) is 15.7. The Morgan fingerprint density at radius 1 is 1.04 bits per heavy atom. The Morgan fingerprint density at radius 3 is 2.59 bits per heavy atom. The first-order valence-corrected chi connectivity index (χ1v) is 9.71. The molecule has 2 heterocycles. The minimum absolute atomic E-state index is 0.314. The van der Waals surface area contributed by atoms with Crippen molar-refractivity contribution in [3.8, 4) is 11.3 Å². The predicted octanol–water partition coefficient (Wildman–Crippen LogP) is 5.05. The summed E-state index contributed by atoms with van der Waals surface area (Å²) < 4.78 is 11.7. The Morgan fingerprint density at radius 2 is 1.81 bits per heavy atom. The Hall–Kier alpha value is -2.59. The molecule has 1 aromatic heterocycles. The fraction of sp³-hybridized carbons (Fsp3) is 0.348. The van der Waals surface area contributed by atoms with E-state index in [1.807, 2.05) is 49.4 Å². The van der Waals surface area contributed by atoms with E-state index in [4.69, 9.17) is 9.15 Å². The van der Waals surface area contributed by atoms with Crippen LogP contribution in [0.15, 0.2) is 52.9 Å². The van der Waals surface area contributed by atoms with Crippen molar-refractivity contribution in [2.75, 3.05) is 26.2 Å². The third-order valence-electron chi connectivity index (χ3n) is 5.31. The van der Waals surface area contributed by atoms with Gasteiger partial charge in [-0.15, -0.1) is 0 Å². The molecule has 0 amide bonds. The highest BCUT2D eigenvalue weighted by Gasteiger charge is 2.20. The highest BCUT2D eigenvalue weighted by molar-refractivity contribution is 6.04. The molecular weight excluding hydrogens is 338 g/mol. The van der Waals surface area contributed by atoms with Crippen LogP contribution in [-0.2, 0) is 4.74 Å². The number of aryl methyl sites for hydroxylation is 1. The molecule has 4 heteroatoms. The van der Waals surface area contributed by atoms with Gasteiger partial charge < -0.3 is 9.15 Å². The highest BCUT2D eigenvalue weighted by Crippen LogP contribution is 2.34. The average molecular weight is 363 g/mol. The summed E-state index contributed by atoms with van der Waals surface area (Å²) in [4.78, 5) is 15.0. The number of hydrogen-bond donors (Lipinski definition) is 0.